The van der Waals surface area contributed by atoms with E-state index in [-0.39, 0.29) is 5.91 Å². The maximum atomic E-state index is 12.1. The summed E-state index contributed by atoms with van der Waals surface area (Å²) in [6.45, 7) is 3.88. The first-order chi connectivity index (χ1) is 14.5. The zero-order valence-corrected chi connectivity index (χ0v) is 17.6. The number of nitrogens with zero attached hydrogens (tertiary/aromatic N) is 3. The number of aromatic nitrogens is 2. The lowest BCUT2D eigenvalue weighted by Gasteiger charge is -2.11. The number of hydrogen-bond acceptors (Lipinski definition) is 5. The van der Waals surface area contributed by atoms with Crippen LogP contribution in [-0.4, -0.2) is 32.7 Å². The number of hydrogen-bond donors (Lipinski definition) is 2. The Morgan fingerprint density at radius 1 is 1.30 bits per heavy atom. The number of nitrogens with one attached hydrogen (secondary N) is 1. The molecule has 1 amide bonds. The quantitative estimate of drug-likeness (QED) is 0.481. The van der Waals surface area contributed by atoms with Crippen LogP contribution in [0.4, 0.5) is 0 Å². The maximum absolute atomic E-state index is 12.1. The molecule has 3 aromatic rings. The van der Waals surface area contributed by atoms with Gasteiger partial charge in [0.2, 0.25) is 0 Å². The Morgan fingerprint density at radius 2 is 2.10 bits per heavy atom. The first-order valence-corrected chi connectivity index (χ1v) is 10.6. The van der Waals surface area contributed by atoms with Crippen LogP contribution in [0.3, 0.4) is 0 Å². The molecular weight excluding hydrogens is 400 g/mol. The van der Waals surface area contributed by atoms with Crippen LogP contribution in [0.15, 0.2) is 35.7 Å². The third kappa shape index (κ3) is 3.66. The minimum atomic E-state index is -0.879. The van der Waals surface area contributed by atoms with Crippen LogP contribution in [0.25, 0.3) is 5.00 Å². The fourth-order valence-electron chi connectivity index (χ4n) is 3.88. The van der Waals surface area contributed by atoms with Gasteiger partial charge in [-0.1, -0.05) is 0 Å². The molecule has 2 N–H and O–H groups in total. The van der Waals surface area contributed by atoms with Crippen LogP contribution < -0.4 is 5.43 Å². The molecule has 0 radical (unpaired) electrons. The number of carboxylic acid groups (broad SMARTS) is 1. The van der Waals surface area contributed by atoms with Crippen molar-refractivity contribution in [2.75, 3.05) is 0 Å². The Kier molecular flexibility index (Phi) is 5.50. The first kappa shape index (κ1) is 20.0. The van der Waals surface area contributed by atoms with Crippen molar-refractivity contribution in [1.82, 2.24) is 15.0 Å². The summed E-state index contributed by atoms with van der Waals surface area (Å²) < 4.78 is 1.98. The lowest BCUT2D eigenvalue weighted by Crippen LogP contribution is -2.17. The number of carbonyl (C=O) groups is 2. The van der Waals surface area contributed by atoms with Gasteiger partial charge in [0.05, 0.1) is 17.3 Å². The van der Waals surface area contributed by atoms with Crippen molar-refractivity contribution in [2.45, 2.75) is 39.5 Å². The normalized spacial score (nSPS) is 13.4. The van der Waals surface area contributed by atoms with Crippen molar-refractivity contribution in [3.8, 4) is 5.00 Å². The first-order valence-electron chi connectivity index (χ1n) is 9.78. The topological polar surface area (TPSA) is 96.6 Å². The summed E-state index contributed by atoms with van der Waals surface area (Å²) in [4.78, 5) is 29.3. The van der Waals surface area contributed by atoms with Gasteiger partial charge in [0.1, 0.15) is 5.00 Å². The van der Waals surface area contributed by atoms with Gasteiger partial charge in [0.15, 0.2) is 0 Å². The van der Waals surface area contributed by atoms with Crippen LogP contribution in [-0.2, 0) is 12.8 Å². The summed E-state index contributed by atoms with van der Waals surface area (Å²) >= 11 is 1.57. The van der Waals surface area contributed by atoms with Gasteiger partial charge in [0, 0.05) is 34.2 Å². The Labute approximate surface area is 178 Å². The number of rotatable bonds is 5. The Hall–Kier alpha value is -3.26. The molecule has 154 valence electrons. The van der Waals surface area contributed by atoms with Gasteiger partial charge in [-0.05, 0) is 63.3 Å². The van der Waals surface area contributed by atoms with Crippen molar-refractivity contribution in [3.63, 3.8) is 0 Å². The highest BCUT2D eigenvalue weighted by molar-refractivity contribution is 7.15. The molecule has 3 heterocycles. The summed E-state index contributed by atoms with van der Waals surface area (Å²) in [7, 11) is 0. The Morgan fingerprint density at radius 3 is 2.83 bits per heavy atom. The number of carboxylic acids is 1. The molecule has 0 saturated carbocycles. The average molecular weight is 423 g/mol. The average Bonchev–Trinajstić information content (AvgIpc) is 3.25. The number of hydrazone groups is 1. The molecule has 30 heavy (non-hydrogen) atoms. The molecule has 0 saturated heterocycles. The zero-order chi connectivity index (χ0) is 21.3. The van der Waals surface area contributed by atoms with E-state index >= 15 is 0 Å². The Bertz CT molecular complexity index is 1150. The molecule has 3 aromatic heterocycles. The molecule has 7 nitrogen and oxygen atoms in total. The Balaban J connectivity index is 1.64. The fraction of sp³-hybridized carbons (Fsp3) is 0.273. The zero-order valence-electron chi connectivity index (χ0n) is 16.8. The van der Waals surface area contributed by atoms with Crippen LogP contribution in [0, 0.1) is 13.8 Å². The number of pyridine rings is 1. The van der Waals surface area contributed by atoms with Gasteiger partial charge in [-0.15, -0.1) is 11.3 Å². The highest BCUT2D eigenvalue weighted by Crippen LogP contribution is 2.38. The van der Waals surface area contributed by atoms with E-state index in [4.69, 9.17) is 0 Å². The standard InChI is InChI=1S/C22H22N4O3S/c1-13-10-16(12-24-25-20(27)15-6-5-9-23-11-15)14(2)26(13)21-19(22(28)29)17-7-3-4-8-18(17)30-21/h5-6,9-12H,3-4,7-8H2,1-2H3,(H,25,27)(H,28,29)/b24-12-. The van der Waals surface area contributed by atoms with Crippen molar-refractivity contribution < 1.29 is 14.7 Å². The van der Waals surface area contributed by atoms with Gasteiger partial charge >= 0.3 is 5.97 Å². The van der Waals surface area contributed by atoms with Crippen molar-refractivity contribution in [2.24, 2.45) is 5.10 Å². The van der Waals surface area contributed by atoms with Gasteiger partial charge in [-0.2, -0.15) is 5.10 Å². The highest BCUT2D eigenvalue weighted by Gasteiger charge is 2.27. The van der Waals surface area contributed by atoms with Crippen molar-refractivity contribution in [3.05, 3.63) is 69.1 Å². The number of amides is 1. The van der Waals surface area contributed by atoms with Gasteiger partial charge in [0.25, 0.3) is 5.91 Å². The molecule has 0 fully saturated rings. The van der Waals surface area contributed by atoms with Gasteiger partial charge in [-0.25, -0.2) is 10.2 Å². The molecule has 8 heteroatoms. The van der Waals surface area contributed by atoms with E-state index in [1.165, 1.54) is 11.1 Å². The molecule has 1 aliphatic carbocycles. The minimum Gasteiger partial charge on any atom is -0.478 e. The van der Waals surface area contributed by atoms with Crippen LogP contribution in [0.5, 0.6) is 0 Å². The van der Waals surface area contributed by atoms with Crippen LogP contribution in [0.1, 0.15) is 60.9 Å². The van der Waals surface area contributed by atoms with Crippen LogP contribution in [0.2, 0.25) is 0 Å². The molecule has 0 bridgehead atoms. The van der Waals surface area contributed by atoms with E-state index in [0.29, 0.717) is 11.1 Å². The van der Waals surface area contributed by atoms with E-state index in [2.05, 4.69) is 15.5 Å². The number of aryl methyl sites for hydroxylation is 2. The lowest BCUT2D eigenvalue weighted by molar-refractivity contribution is 0.0695. The predicted molar refractivity (Wildman–Crippen MR) is 116 cm³/mol. The molecule has 0 aromatic carbocycles. The molecule has 0 spiro atoms. The van der Waals surface area contributed by atoms with Crippen molar-refractivity contribution in [1.29, 1.82) is 0 Å². The predicted octanol–water partition coefficient (Wildman–Crippen LogP) is 3.89. The molecule has 0 aliphatic heterocycles. The molecule has 4 rings (SSSR count). The number of thiophene rings is 1. The smallest absolute Gasteiger partial charge is 0.339 e. The minimum absolute atomic E-state index is 0.341. The summed E-state index contributed by atoms with van der Waals surface area (Å²) in [5.74, 6) is -1.22. The largest absolute Gasteiger partial charge is 0.478 e. The van der Waals surface area contributed by atoms with E-state index in [1.807, 2.05) is 24.5 Å². The highest BCUT2D eigenvalue weighted by atomic mass is 32.1. The van der Waals surface area contributed by atoms with E-state index in [0.717, 1.165) is 53.2 Å². The third-order valence-corrected chi connectivity index (χ3v) is 6.61. The van der Waals surface area contributed by atoms with Gasteiger partial charge in [-0.3, -0.25) is 9.78 Å². The van der Waals surface area contributed by atoms with E-state index in [9.17, 15) is 14.7 Å². The van der Waals surface area contributed by atoms with E-state index < -0.39 is 5.97 Å². The van der Waals surface area contributed by atoms with Gasteiger partial charge < -0.3 is 9.67 Å². The van der Waals surface area contributed by atoms with Crippen LogP contribution >= 0.6 is 11.3 Å². The van der Waals surface area contributed by atoms with E-state index in [1.54, 1.807) is 35.9 Å². The van der Waals surface area contributed by atoms with Crippen molar-refractivity contribution >= 4 is 29.4 Å². The number of aromatic carboxylic acids is 1. The maximum Gasteiger partial charge on any atom is 0.339 e. The second-order valence-corrected chi connectivity index (χ2v) is 8.38. The monoisotopic (exact) mass is 422 g/mol. The SMILES string of the molecule is Cc1cc(/C=N\NC(=O)c2cccnc2)c(C)n1-c1sc2c(c1C(=O)O)CCCC2. The summed E-state index contributed by atoms with van der Waals surface area (Å²) in [6.07, 6.45) is 8.55. The number of carbonyl (C=O) groups excluding carboxylic acids is 1. The summed E-state index contributed by atoms with van der Waals surface area (Å²) in [5, 5.41) is 14.7. The second-order valence-electron chi connectivity index (χ2n) is 7.30. The molecular formula is C22H22N4O3S. The lowest BCUT2D eigenvalue weighted by atomic mass is 9.95. The second kappa shape index (κ2) is 8.23. The number of fused-ring (bicyclic) bond motifs is 1. The molecule has 0 unspecified atom stereocenters. The third-order valence-electron chi connectivity index (χ3n) is 5.33. The summed E-state index contributed by atoms with van der Waals surface area (Å²) in [6, 6.07) is 5.29. The molecule has 0 atom stereocenters. The summed E-state index contributed by atoms with van der Waals surface area (Å²) in [5.41, 5.74) is 6.96. The molecule has 1 aliphatic rings. The fourth-order valence-corrected chi connectivity index (χ4v) is 5.37.